The third-order valence-corrected chi connectivity index (χ3v) is 6.93. The number of hydrogen-bond donors (Lipinski definition) is 0. The second kappa shape index (κ2) is 9.06. The average molecular weight is 448 g/mol. The molecule has 0 bridgehead atoms. The zero-order valence-corrected chi connectivity index (χ0v) is 19.0. The van der Waals surface area contributed by atoms with Crippen molar-refractivity contribution in [3.05, 3.63) is 58.9 Å². The third kappa shape index (κ3) is 4.42. The highest BCUT2D eigenvalue weighted by Crippen LogP contribution is 2.34. The summed E-state index contributed by atoms with van der Waals surface area (Å²) >= 11 is 0. The van der Waals surface area contributed by atoms with E-state index < -0.39 is 6.04 Å². The number of Topliss-reactive ketones (excluding diaryl/α,β-unsaturated/α-hetero) is 2. The fraction of sp³-hybridized carbons (Fsp3) is 0.462. The van der Waals surface area contributed by atoms with Gasteiger partial charge in [0.25, 0.3) is 5.91 Å². The number of ether oxygens (including phenoxy) is 1. The van der Waals surface area contributed by atoms with Gasteiger partial charge in [-0.25, -0.2) is 0 Å². The molecule has 2 aromatic rings. The van der Waals surface area contributed by atoms with Crippen molar-refractivity contribution in [2.24, 2.45) is 5.92 Å². The second-order valence-corrected chi connectivity index (χ2v) is 9.33. The Morgan fingerprint density at radius 1 is 1.12 bits per heavy atom. The van der Waals surface area contributed by atoms with E-state index in [1.165, 1.54) is 5.56 Å². The van der Waals surface area contributed by atoms with Crippen molar-refractivity contribution in [3.63, 3.8) is 0 Å². The van der Waals surface area contributed by atoms with Crippen LogP contribution in [-0.2, 0) is 29.1 Å². The minimum absolute atomic E-state index is 0.0341. The van der Waals surface area contributed by atoms with Gasteiger partial charge >= 0.3 is 0 Å². The summed E-state index contributed by atoms with van der Waals surface area (Å²) in [6.07, 6.45) is 3.63. The summed E-state index contributed by atoms with van der Waals surface area (Å²) in [4.78, 5) is 45.4. The fourth-order valence-corrected chi connectivity index (χ4v) is 5.04. The van der Waals surface area contributed by atoms with E-state index in [-0.39, 0.29) is 23.9 Å². The number of carbonyl (C=O) groups is 3. The largest absolute Gasteiger partial charge is 0.493 e. The minimum Gasteiger partial charge on any atom is -0.493 e. The molecule has 0 N–H and O–H groups in total. The topological polar surface area (TPSA) is 79.8 Å². The highest BCUT2D eigenvalue weighted by atomic mass is 16.5. The number of hydrogen-bond acceptors (Lipinski definition) is 6. The van der Waals surface area contributed by atoms with Gasteiger partial charge in [-0.2, -0.15) is 0 Å². The molecule has 1 saturated heterocycles. The van der Waals surface area contributed by atoms with Gasteiger partial charge in [-0.3, -0.25) is 24.3 Å². The molecule has 33 heavy (non-hydrogen) atoms. The first-order chi connectivity index (χ1) is 16.0. The maximum absolute atomic E-state index is 13.0. The number of amides is 1. The molecule has 1 saturated carbocycles. The van der Waals surface area contributed by atoms with Crippen LogP contribution in [0.1, 0.15) is 53.4 Å². The van der Waals surface area contributed by atoms with Crippen molar-refractivity contribution >= 4 is 17.5 Å². The molecule has 0 radical (unpaired) electrons. The fourth-order valence-electron chi connectivity index (χ4n) is 5.04. The van der Waals surface area contributed by atoms with E-state index in [9.17, 15) is 14.4 Å². The van der Waals surface area contributed by atoms with Gasteiger partial charge in [0.15, 0.2) is 5.78 Å². The Hall–Kier alpha value is -3.06. The van der Waals surface area contributed by atoms with E-state index in [1.807, 2.05) is 18.3 Å². The predicted molar refractivity (Wildman–Crippen MR) is 122 cm³/mol. The van der Waals surface area contributed by atoms with Gasteiger partial charge in [0, 0.05) is 55.0 Å². The first kappa shape index (κ1) is 21.8. The van der Waals surface area contributed by atoms with Crippen molar-refractivity contribution in [2.75, 3.05) is 19.7 Å². The van der Waals surface area contributed by atoms with Crippen molar-refractivity contribution in [2.45, 2.75) is 51.7 Å². The molecule has 172 valence electrons. The molecule has 1 atom stereocenters. The molecule has 2 fully saturated rings. The Morgan fingerprint density at radius 2 is 1.97 bits per heavy atom. The zero-order chi connectivity index (χ0) is 22.9. The summed E-state index contributed by atoms with van der Waals surface area (Å²) < 4.78 is 6.15. The van der Waals surface area contributed by atoms with Crippen LogP contribution in [0.15, 0.2) is 36.5 Å². The quantitative estimate of drug-likeness (QED) is 0.608. The molecule has 7 heteroatoms. The normalized spacial score (nSPS) is 21.3. The lowest BCUT2D eigenvalue weighted by molar-refractivity contribution is -0.133. The molecule has 1 amide bonds. The lowest BCUT2D eigenvalue weighted by atomic mass is 9.92. The van der Waals surface area contributed by atoms with Gasteiger partial charge < -0.3 is 9.64 Å². The number of rotatable bonds is 7. The summed E-state index contributed by atoms with van der Waals surface area (Å²) in [6.45, 7) is 5.92. The summed E-state index contributed by atoms with van der Waals surface area (Å²) in [6, 6.07) is 9.28. The van der Waals surface area contributed by atoms with Crippen LogP contribution in [-0.4, -0.2) is 58.0 Å². The minimum atomic E-state index is -0.503. The molecule has 1 aliphatic carbocycles. The second-order valence-electron chi connectivity index (χ2n) is 9.33. The van der Waals surface area contributed by atoms with Gasteiger partial charge in [-0.05, 0) is 36.6 Å². The number of aryl methyl sites for hydroxylation is 1. The highest BCUT2D eigenvalue weighted by molar-refractivity contribution is 6.07. The van der Waals surface area contributed by atoms with E-state index in [0.717, 1.165) is 43.1 Å². The van der Waals surface area contributed by atoms with Gasteiger partial charge in [0.05, 0.1) is 25.6 Å². The number of fused-ring (bicyclic) bond motifs is 1. The third-order valence-electron chi connectivity index (χ3n) is 6.93. The smallest absolute Gasteiger partial charge is 0.255 e. The van der Waals surface area contributed by atoms with Crippen LogP contribution in [0.3, 0.4) is 0 Å². The number of nitrogens with zero attached hydrogens (tertiary/aromatic N) is 3. The molecule has 3 aliphatic rings. The molecular weight excluding hydrogens is 418 g/mol. The first-order valence-electron chi connectivity index (χ1n) is 11.8. The summed E-state index contributed by atoms with van der Waals surface area (Å²) in [7, 11) is 0. The number of benzene rings is 1. The van der Waals surface area contributed by atoms with E-state index in [0.29, 0.717) is 37.5 Å². The van der Waals surface area contributed by atoms with E-state index in [2.05, 4.69) is 28.9 Å². The van der Waals surface area contributed by atoms with Crippen molar-refractivity contribution in [1.29, 1.82) is 0 Å². The number of ketones is 2. The molecule has 3 heterocycles. The monoisotopic (exact) mass is 447 g/mol. The number of pyridine rings is 1. The Kier molecular flexibility index (Phi) is 5.98. The lowest BCUT2D eigenvalue weighted by Gasteiger charge is -2.39. The van der Waals surface area contributed by atoms with Crippen molar-refractivity contribution in [3.8, 4) is 5.75 Å². The Bertz CT molecular complexity index is 1080. The Balaban J connectivity index is 1.16. The average Bonchev–Trinajstić information content (AvgIpc) is 3.12. The van der Waals surface area contributed by atoms with Crippen LogP contribution in [0.2, 0.25) is 0 Å². The van der Waals surface area contributed by atoms with Crippen LogP contribution in [0, 0.1) is 5.92 Å². The van der Waals surface area contributed by atoms with Crippen LogP contribution >= 0.6 is 0 Å². The van der Waals surface area contributed by atoms with Gasteiger partial charge in [-0.15, -0.1) is 0 Å². The maximum atomic E-state index is 13.0. The summed E-state index contributed by atoms with van der Waals surface area (Å²) in [5.74, 6) is 0.848. The zero-order valence-electron chi connectivity index (χ0n) is 19.0. The summed E-state index contributed by atoms with van der Waals surface area (Å²) in [5, 5.41) is 0. The lowest BCUT2D eigenvalue weighted by Crippen LogP contribution is -2.48. The molecule has 0 spiro atoms. The molecule has 5 rings (SSSR count). The van der Waals surface area contributed by atoms with E-state index >= 15 is 0 Å². The molecule has 2 aliphatic heterocycles. The Labute approximate surface area is 193 Å². The molecule has 7 nitrogen and oxygen atoms in total. The van der Waals surface area contributed by atoms with Gasteiger partial charge in [-0.1, -0.05) is 19.1 Å². The van der Waals surface area contributed by atoms with Gasteiger partial charge in [0.1, 0.15) is 11.5 Å². The molecule has 1 aromatic carbocycles. The maximum Gasteiger partial charge on any atom is 0.255 e. The van der Waals surface area contributed by atoms with Gasteiger partial charge in [0.2, 0.25) is 0 Å². The highest BCUT2D eigenvalue weighted by Gasteiger charge is 2.40. The van der Waals surface area contributed by atoms with Crippen LogP contribution < -0.4 is 4.74 Å². The standard InChI is InChI=1S/C26H29N3O4/c1-2-19-7-6-17(11-27-19)12-28-13-18(14-28)16-33-25-5-3-4-21-22(25)15-29(26(21)32)23-9-8-20(30)10-24(23)31/h3-7,11,18,23H,2,8-10,12-16H2,1H3. The number of aromatic nitrogens is 1. The first-order valence-corrected chi connectivity index (χ1v) is 11.8. The van der Waals surface area contributed by atoms with Crippen LogP contribution in [0.25, 0.3) is 0 Å². The van der Waals surface area contributed by atoms with E-state index in [1.54, 1.807) is 11.0 Å². The van der Waals surface area contributed by atoms with Crippen molar-refractivity contribution in [1.82, 2.24) is 14.8 Å². The van der Waals surface area contributed by atoms with Crippen molar-refractivity contribution < 1.29 is 19.1 Å². The predicted octanol–water partition coefficient (Wildman–Crippen LogP) is 2.80. The van der Waals surface area contributed by atoms with E-state index in [4.69, 9.17) is 4.74 Å². The molecule has 1 aromatic heterocycles. The Morgan fingerprint density at radius 3 is 2.70 bits per heavy atom. The van der Waals surface area contributed by atoms with Crippen LogP contribution in [0.5, 0.6) is 5.75 Å². The molecule has 1 unspecified atom stereocenters. The van der Waals surface area contributed by atoms with Crippen LogP contribution in [0.4, 0.5) is 0 Å². The number of carbonyl (C=O) groups excluding carboxylic acids is 3. The molecular formula is C26H29N3O4. The summed E-state index contributed by atoms with van der Waals surface area (Å²) in [5.41, 5.74) is 3.80. The number of likely N-dealkylation sites (tertiary alicyclic amines) is 1. The SMILES string of the molecule is CCc1ccc(CN2CC(COc3cccc4c3CN(C3CCC(=O)CC3=O)C4=O)C2)cn1.